The number of hydrogen-bond acceptors (Lipinski definition) is 5. The van der Waals surface area contributed by atoms with Crippen molar-refractivity contribution >= 4 is 38.2 Å². The van der Waals surface area contributed by atoms with Gasteiger partial charge in [-0.25, -0.2) is 27.7 Å². The first-order valence-corrected chi connectivity index (χ1v) is 12.8. The largest absolute Gasteiger partial charge is 0.476 e. The van der Waals surface area contributed by atoms with Crippen molar-refractivity contribution in [1.29, 1.82) is 0 Å². The van der Waals surface area contributed by atoms with Gasteiger partial charge >= 0.3 is 5.97 Å². The number of carbonyl (C=O) groups is 1. The predicted molar refractivity (Wildman–Crippen MR) is 132 cm³/mol. The van der Waals surface area contributed by atoms with Gasteiger partial charge in [0.1, 0.15) is 5.82 Å². The van der Waals surface area contributed by atoms with E-state index in [1.54, 1.807) is 30.3 Å². The summed E-state index contributed by atoms with van der Waals surface area (Å²) in [5, 5.41) is 17.3. The molecule has 2 heterocycles. The molecule has 7 nitrogen and oxygen atoms in total. The number of nitrogens with two attached hydrogens (primary N) is 1. The minimum Gasteiger partial charge on any atom is -0.476 e. The molecule has 0 unspecified atom stereocenters. The molecule has 5 aromatic rings. The molecule has 3 N–H and O–H groups in total. The maximum absolute atomic E-state index is 14.5. The number of thiazole rings is 1. The normalized spacial score (nSPS) is 11.7. The van der Waals surface area contributed by atoms with Gasteiger partial charge in [-0.3, -0.25) is 4.57 Å². The lowest BCUT2D eigenvalue weighted by molar-refractivity contribution is 0.0691. The Bertz CT molecular complexity index is 1690. The Morgan fingerprint density at radius 2 is 1.83 bits per heavy atom. The number of aromatic carboxylic acids is 1. The van der Waals surface area contributed by atoms with Crippen LogP contribution >= 0.6 is 11.3 Å². The van der Waals surface area contributed by atoms with E-state index in [-0.39, 0.29) is 16.4 Å². The fourth-order valence-electron chi connectivity index (χ4n) is 3.95. The van der Waals surface area contributed by atoms with Crippen LogP contribution in [0.5, 0.6) is 0 Å². The monoisotopic (exact) mass is 507 g/mol. The summed E-state index contributed by atoms with van der Waals surface area (Å²) in [4.78, 5) is 15.6. The molecule has 0 aliphatic carbocycles. The molecule has 2 aromatic heterocycles. The van der Waals surface area contributed by atoms with E-state index < -0.39 is 16.0 Å². The van der Waals surface area contributed by atoms with E-state index >= 15 is 0 Å². The smallest absolute Gasteiger partial charge is 0.355 e. The second-order valence-corrected chi connectivity index (χ2v) is 10.3. The van der Waals surface area contributed by atoms with Crippen molar-refractivity contribution in [3.05, 3.63) is 101 Å². The molecule has 3 aromatic carbocycles. The van der Waals surface area contributed by atoms with Gasteiger partial charge < -0.3 is 5.11 Å². The quantitative estimate of drug-likeness (QED) is 0.342. The number of carboxylic acids is 1. The highest BCUT2D eigenvalue weighted by molar-refractivity contribution is 7.89. The van der Waals surface area contributed by atoms with Crippen LogP contribution in [-0.2, 0) is 16.4 Å². The molecule has 0 aliphatic rings. The average Bonchev–Trinajstić information content (AvgIpc) is 3.44. The summed E-state index contributed by atoms with van der Waals surface area (Å²) < 4.78 is 39.5. The van der Waals surface area contributed by atoms with Crippen molar-refractivity contribution in [2.45, 2.75) is 11.3 Å². The van der Waals surface area contributed by atoms with Crippen LogP contribution in [0.4, 0.5) is 4.39 Å². The average molecular weight is 508 g/mol. The molecule has 0 aliphatic heterocycles. The Balaban J connectivity index is 1.64. The molecular formula is C25H18FN3O4S2. The highest BCUT2D eigenvalue weighted by Crippen LogP contribution is 2.33. The van der Waals surface area contributed by atoms with Crippen molar-refractivity contribution in [3.63, 3.8) is 0 Å². The first-order chi connectivity index (χ1) is 16.7. The number of fused-ring (bicyclic) bond motifs is 1. The second kappa shape index (κ2) is 8.73. The molecule has 0 atom stereocenters. The molecule has 0 bridgehead atoms. The van der Waals surface area contributed by atoms with Gasteiger partial charge in [-0.2, -0.15) is 0 Å². The van der Waals surface area contributed by atoms with E-state index in [2.05, 4.69) is 4.98 Å². The molecule has 0 saturated heterocycles. The van der Waals surface area contributed by atoms with Gasteiger partial charge in [-0.15, -0.1) is 11.3 Å². The zero-order valence-electron chi connectivity index (χ0n) is 18.1. The number of primary sulfonamides is 1. The lowest BCUT2D eigenvalue weighted by Crippen LogP contribution is -2.11. The standard InChI is InChI=1S/C25H18FN3O4S2/c26-21-4-2-1-3-19(21)16-7-10-23-20(12-16)17(11-15-5-8-18(9-6-15)35(27,32)33)13-29(23)25-28-22(14-34-25)24(30)31/h1-10,12-14H,11H2,(H,30,31)(H2,27,32,33). The summed E-state index contributed by atoms with van der Waals surface area (Å²) >= 11 is 1.20. The minimum absolute atomic E-state index is 0.0227. The zero-order chi connectivity index (χ0) is 24.7. The van der Waals surface area contributed by atoms with Crippen LogP contribution in [0.25, 0.3) is 27.2 Å². The van der Waals surface area contributed by atoms with Crippen LogP contribution < -0.4 is 5.14 Å². The number of sulfonamides is 1. The SMILES string of the molecule is NS(=O)(=O)c1ccc(Cc2cn(-c3nc(C(=O)O)cs3)c3ccc(-c4ccccc4F)cc23)cc1. The molecule has 0 radical (unpaired) electrons. The summed E-state index contributed by atoms with van der Waals surface area (Å²) in [6.45, 7) is 0. The minimum atomic E-state index is -3.80. The molecule has 5 rings (SSSR count). The Hall–Kier alpha value is -3.86. The molecule has 0 fully saturated rings. The van der Waals surface area contributed by atoms with Crippen LogP contribution in [0.3, 0.4) is 0 Å². The number of hydrogen-bond donors (Lipinski definition) is 2. The topological polar surface area (TPSA) is 115 Å². The third kappa shape index (κ3) is 4.46. The van der Waals surface area contributed by atoms with Gasteiger partial charge in [-0.1, -0.05) is 36.4 Å². The third-order valence-electron chi connectivity index (χ3n) is 5.64. The summed E-state index contributed by atoms with van der Waals surface area (Å²) in [5.74, 6) is -1.45. The first kappa shape index (κ1) is 22.9. The maximum Gasteiger partial charge on any atom is 0.355 e. The summed E-state index contributed by atoms with van der Waals surface area (Å²) in [7, 11) is -3.80. The summed E-state index contributed by atoms with van der Waals surface area (Å²) in [6, 6.07) is 18.4. The number of halogens is 1. The lowest BCUT2D eigenvalue weighted by Gasteiger charge is -2.06. The van der Waals surface area contributed by atoms with E-state index in [9.17, 15) is 22.7 Å². The third-order valence-corrected chi connectivity index (χ3v) is 7.40. The Kier molecular flexibility index (Phi) is 5.72. The van der Waals surface area contributed by atoms with E-state index in [1.165, 1.54) is 34.9 Å². The van der Waals surface area contributed by atoms with Crippen LogP contribution in [-0.4, -0.2) is 29.0 Å². The lowest BCUT2D eigenvalue weighted by atomic mass is 9.99. The predicted octanol–water partition coefficient (Wildman–Crippen LogP) is 4.83. The van der Waals surface area contributed by atoms with Crippen molar-refractivity contribution in [2.24, 2.45) is 5.14 Å². The fraction of sp³-hybridized carbons (Fsp3) is 0.0400. The van der Waals surface area contributed by atoms with Crippen molar-refractivity contribution in [1.82, 2.24) is 9.55 Å². The second-order valence-electron chi connectivity index (χ2n) is 7.92. The number of carboxylic acid groups (broad SMARTS) is 1. The summed E-state index contributed by atoms with van der Waals surface area (Å²) in [6.07, 6.45) is 2.32. The van der Waals surface area contributed by atoms with E-state index in [4.69, 9.17) is 5.14 Å². The number of nitrogens with zero attached hydrogens (tertiary/aromatic N) is 2. The Morgan fingerprint density at radius 3 is 2.49 bits per heavy atom. The summed E-state index contributed by atoms with van der Waals surface area (Å²) in [5.41, 5.74) is 3.63. The number of benzene rings is 3. The van der Waals surface area contributed by atoms with Gasteiger partial charge in [0.05, 0.1) is 10.4 Å². The van der Waals surface area contributed by atoms with Gasteiger partial charge in [0, 0.05) is 22.5 Å². The highest BCUT2D eigenvalue weighted by Gasteiger charge is 2.17. The number of rotatable bonds is 6. The van der Waals surface area contributed by atoms with Crippen molar-refractivity contribution < 1.29 is 22.7 Å². The zero-order valence-corrected chi connectivity index (χ0v) is 19.7. The molecule has 0 amide bonds. The van der Waals surface area contributed by atoms with Crippen molar-refractivity contribution in [3.8, 4) is 16.3 Å². The van der Waals surface area contributed by atoms with E-state index in [1.807, 2.05) is 29.0 Å². The highest BCUT2D eigenvalue weighted by atomic mass is 32.2. The molecule has 0 spiro atoms. The fourth-order valence-corrected chi connectivity index (χ4v) is 5.25. The Labute approximate surface area is 204 Å². The van der Waals surface area contributed by atoms with E-state index in [0.29, 0.717) is 22.7 Å². The molecule has 10 heteroatoms. The van der Waals surface area contributed by atoms with Gasteiger partial charge in [0.25, 0.3) is 0 Å². The van der Waals surface area contributed by atoms with Crippen LogP contribution in [0.2, 0.25) is 0 Å². The van der Waals surface area contributed by atoms with Gasteiger partial charge in [-0.05, 0) is 53.4 Å². The molecule has 35 heavy (non-hydrogen) atoms. The van der Waals surface area contributed by atoms with Gasteiger partial charge in [0.15, 0.2) is 10.8 Å². The Morgan fingerprint density at radius 1 is 1.09 bits per heavy atom. The molecule has 176 valence electrons. The molecular weight excluding hydrogens is 489 g/mol. The molecule has 0 saturated carbocycles. The number of aromatic nitrogens is 2. The van der Waals surface area contributed by atoms with Gasteiger partial charge in [0.2, 0.25) is 10.0 Å². The van der Waals surface area contributed by atoms with Crippen LogP contribution in [0, 0.1) is 5.82 Å². The van der Waals surface area contributed by atoms with Crippen LogP contribution in [0.15, 0.2) is 83.2 Å². The maximum atomic E-state index is 14.5. The van der Waals surface area contributed by atoms with E-state index in [0.717, 1.165) is 22.0 Å². The van der Waals surface area contributed by atoms with Crippen molar-refractivity contribution in [2.75, 3.05) is 0 Å². The first-order valence-electron chi connectivity index (χ1n) is 10.4. The van der Waals surface area contributed by atoms with Crippen LogP contribution in [0.1, 0.15) is 21.6 Å².